The minimum absolute atomic E-state index is 0.400. The van der Waals surface area contributed by atoms with Crippen LogP contribution in [-0.4, -0.2) is 25.8 Å². The third-order valence-corrected chi connectivity index (χ3v) is 5.89. The van der Waals surface area contributed by atoms with E-state index in [1.165, 1.54) is 0 Å². The van der Waals surface area contributed by atoms with Crippen molar-refractivity contribution in [3.8, 4) is 0 Å². The first-order chi connectivity index (χ1) is 8.49. The van der Waals surface area contributed by atoms with Gasteiger partial charge in [-0.2, -0.15) is 17.4 Å². The van der Waals surface area contributed by atoms with Gasteiger partial charge >= 0.3 is 0 Å². The minimum atomic E-state index is -3.32. The summed E-state index contributed by atoms with van der Waals surface area (Å²) in [5.41, 5.74) is 1.15. The maximum absolute atomic E-state index is 12.2. The van der Waals surface area contributed by atoms with Gasteiger partial charge in [0.2, 0.25) is 0 Å². The summed E-state index contributed by atoms with van der Waals surface area (Å²) in [5.74, 6) is 0.457. The molecule has 2 rings (SSSR count). The van der Waals surface area contributed by atoms with Crippen LogP contribution in [0.25, 0.3) is 0 Å². The lowest BCUT2D eigenvalue weighted by atomic mass is 10.0. The largest absolute Gasteiger partial charge is 0.279 e. The molecule has 0 saturated carbocycles. The highest BCUT2D eigenvalue weighted by Crippen LogP contribution is 2.19. The Balaban J connectivity index is 1.97. The summed E-state index contributed by atoms with van der Waals surface area (Å²) in [5, 5.41) is 1.99. The zero-order valence-corrected chi connectivity index (χ0v) is 12.5. The van der Waals surface area contributed by atoms with Crippen LogP contribution in [0, 0.1) is 12.8 Å². The average molecular weight is 288 g/mol. The Morgan fingerprint density at radius 3 is 2.94 bits per heavy atom. The molecule has 1 saturated heterocycles. The zero-order chi connectivity index (χ0) is 13.2. The molecule has 4 nitrogen and oxygen atoms in total. The number of hydrogen-bond acceptors (Lipinski definition) is 3. The normalized spacial score (nSPS) is 22.2. The van der Waals surface area contributed by atoms with Gasteiger partial charge < -0.3 is 0 Å². The molecule has 1 N–H and O–H groups in total. The Hall–Kier alpha value is -0.430. The fourth-order valence-electron chi connectivity index (χ4n) is 2.20. The zero-order valence-electron chi connectivity index (χ0n) is 10.8. The molecule has 0 spiro atoms. The standard InChI is InChI=1S/C12H20N2O2S2/c1-10-4-3-6-14(9-10)18(15,16)13-8-12-11(2)5-7-17-12/h5,7,10,13H,3-4,6,8-9H2,1-2H3/t10-/m0/s1. The van der Waals surface area contributed by atoms with E-state index in [9.17, 15) is 8.42 Å². The summed E-state index contributed by atoms with van der Waals surface area (Å²) in [6.45, 7) is 5.78. The smallest absolute Gasteiger partial charge is 0.197 e. The van der Waals surface area contributed by atoms with E-state index < -0.39 is 10.2 Å². The second-order valence-corrected chi connectivity index (χ2v) is 7.71. The van der Waals surface area contributed by atoms with Crippen molar-refractivity contribution < 1.29 is 8.42 Å². The quantitative estimate of drug-likeness (QED) is 0.922. The Bertz CT molecular complexity index is 496. The molecule has 0 amide bonds. The molecule has 1 aliphatic rings. The van der Waals surface area contributed by atoms with Gasteiger partial charge in [-0.15, -0.1) is 11.3 Å². The summed E-state index contributed by atoms with van der Waals surface area (Å²) in [7, 11) is -3.32. The van der Waals surface area contributed by atoms with Crippen molar-refractivity contribution >= 4 is 21.5 Å². The number of nitrogens with one attached hydrogen (secondary N) is 1. The number of thiophene rings is 1. The van der Waals surface area contributed by atoms with E-state index >= 15 is 0 Å². The lowest BCUT2D eigenvalue weighted by molar-refractivity contribution is 0.278. The molecular weight excluding hydrogens is 268 g/mol. The van der Waals surface area contributed by atoms with Crippen LogP contribution < -0.4 is 4.72 Å². The molecule has 1 aromatic rings. The van der Waals surface area contributed by atoms with Crippen molar-refractivity contribution in [2.45, 2.75) is 33.2 Å². The van der Waals surface area contributed by atoms with Crippen molar-refractivity contribution in [1.82, 2.24) is 9.03 Å². The highest BCUT2D eigenvalue weighted by Gasteiger charge is 2.26. The van der Waals surface area contributed by atoms with E-state index in [2.05, 4.69) is 11.6 Å². The van der Waals surface area contributed by atoms with Crippen molar-refractivity contribution in [3.63, 3.8) is 0 Å². The fourth-order valence-corrected chi connectivity index (χ4v) is 4.46. The summed E-state index contributed by atoms with van der Waals surface area (Å²) in [6, 6.07) is 2.01. The van der Waals surface area contributed by atoms with Crippen LogP contribution in [0.5, 0.6) is 0 Å². The van der Waals surface area contributed by atoms with Gasteiger partial charge in [-0.1, -0.05) is 6.92 Å². The van der Waals surface area contributed by atoms with Crippen molar-refractivity contribution in [1.29, 1.82) is 0 Å². The van der Waals surface area contributed by atoms with Crippen molar-refractivity contribution in [2.75, 3.05) is 13.1 Å². The predicted octanol–water partition coefficient (Wildman–Crippen LogP) is 2.12. The molecule has 6 heteroatoms. The first kappa shape index (κ1) is 14.0. The van der Waals surface area contributed by atoms with Crippen molar-refractivity contribution in [3.05, 3.63) is 21.9 Å². The van der Waals surface area contributed by atoms with Crippen LogP contribution in [0.1, 0.15) is 30.2 Å². The number of hydrogen-bond donors (Lipinski definition) is 1. The van der Waals surface area contributed by atoms with Crippen LogP contribution >= 0.6 is 11.3 Å². The van der Waals surface area contributed by atoms with Gasteiger partial charge in [0, 0.05) is 24.5 Å². The molecule has 0 aliphatic carbocycles. The predicted molar refractivity (Wildman–Crippen MR) is 74.8 cm³/mol. The van der Waals surface area contributed by atoms with E-state index in [1.54, 1.807) is 15.6 Å². The van der Waals surface area contributed by atoms with Gasteiger partial charge in [0.25, 0.3) is 10.2 Å². The van der Waals surface area contributed by atoms with E-state index in [-0.39, 0.29) is 0 Å². The maximum atomic E-state index is 12.2. The first-order valence-corrected chi connectivity index (χ1v) is 8.58. The lowest BCUT2D eigenvalue weighted by Gasteiger charge is -2.29. The molecule has 1 aliphatic heterocycles. The van der Waals surface area contributed by atoms with Crippen LogP contribution in [0.2, 0.25) is 0 Å². The SMILES string of the molecule is Cc1ccsc1CNS(=O)(=O)N1CCC[C@H](C)C1. The van der Waals surface area contributed by atoms with E-state index in [0.717, 1.165) is 23.3 Å². The van der Waals surface area contributed by atoms with Gasteiger partial charge in [0.15, 0.2) is 0 Å². The summed E-state index contributed by atoms with van der Waals surface area (Å²) in [6.07, 6.45) is 2.08. The third-order valence-electron chi connectivity index (χ3n) is 3.34. The van der Waals surface area contributed by atoms with E-state index in [1.807, 2.05) is 18.4 Å². The third kappa shape index (κ3) is 3.32. The molecule has 2 heterocycles. The minimum Gasteiger partial charge on any atom is -0.197 e. The van der Waals surface area contributed by atoms with Crippen molar-refractivity contribution in [2.24, 2.45) is 5.92 Å². The molecule has 102 valence electrons. The average Bonchev–Trinajstić information content (AvgIpc) is 2.72. The molecule has 1 aromatic heterocycles. The van der Waals surface area contributed by atoms with Gasteiger partial charge in [-0.3, -0.25) is 0 Å². The van der Waals surface area contributed by atoms with Gasteiger partial charge in [0.1, 0.15) is 0 Å². The Morgan fingerprint density at radius 2 is 2.33 bits per heavy atom. The lowest BCUT2D eigenvalue weighted by Crippen LogP contribution is -2.45. The van der Waals surface area contributed by atoms with Gasteiger partial charge in [-0.25, -0.2) is 0 Å². The maximum Gasteiger partial charge on any atom is 0.279 e. The first-order valence-electron chi connectivity index (χ1n) is 6.27. The van der Waals surface area contributed by atoms with Crippen LogP contribution in [-0.2, 0) is 16.8 Å². The number of rotatable bonds is 4. The number of nitrogens with zero attached hydrogens (tertiary/aromatic N) is 1. The van der Waals surface area contributed by atoms with Gasteiger partial charge in [-0.05, 0) is 42.7 Å². The van der Waals surface area contributed by atoms with E-state index in [4.69, 9.17) is 0 Å². The van der Waals surface area contributed by atoms with Gasteiger partial charge in [0.05, 0.1) is 0 Å². The van der Waals surface area contributed by atoms with Crippen LogP contribution in [0.3, 0.4) is 0 Å². The molecule has 18 heavy (non-hydrogen) atoms. The molecule has 0 bridgehead atoms. The monoisotopic (exact) mass is 288 g/mol. The van der Waals surface area contributed by atoms with Crippen LogP contribution in [0.15, 0.2) is 11.4 Å². The van der Waals surface area contributed by atoms with Crippen LogP contribution in [0.4, 0.5) is 0 Å². The second-order valence-electron chi connectivity index (χ2n) is 4.96. The molecule has 0 aromatic carbocycles. The summed E-state index contributed by atoms with van der Waals surface area (Å²) >= 11 is 1.59. The molecular formula is C12H20N2O2S2. The molecule has 1 fully saturated rings. The molecule has 1 atom stereocenters. The number of piperidine rings is 1. The summed E-state index contributed by atoms with van der Waals surface area (Å²) in [4.78, 5) is 1.09. The highest BCUT2D eigenvalue weighted by molar-refractivity contribution is 7.87. The molecule has 0 unspecified atom stereocenters. The topological polar surface area (TPSA) is 49.4 Å². The van der Waals surface area contributed by atoms with E-state index in [0.29, 0.717) is 25.6 Å². The Labute approximate surface area is 113 Å². The highest BCUT2D eigenvalue weighted by atomic mass is 32.2. The Morgan fingerprint density at radius 1 is 1.56 bits per heavy atom. The number of aryl methyl sites for hydroxylation is 1. The summed E-state index contributed by atoms with van der Waals surface area (Å²) < 4.78 is 28.6. The Kier molecular flexibility index (Phi) is 4.42. The second kappa shape index (κ2) is 5.69. The molecule has 0 radical (unpaired) electrons. The fraction of sp³-hybridized carbons (Fsp3) is 0.667.